The molecule has 12 atom stereocenters. The van der Waals surface area contributed by atoms with Crippen molar-refractivity contribution in [1.82, 2.24) is 9.88 Å². The zero-order valence-electron chi connectivity index (χ0n) is 32.5. The van der Waals surface area contributed by atoms with E-state index < -0.39 is 72.7 Å². The van der Waals surface area contributed by atoms with Gasteiger partial charge < -0.3 is 44.0 Å². The van der Waals surface area contributed by atoms with Gasteiger partial charge in [0.2, 0.25) is 0 Å². The summed E-state index contributed by atoms with van der Waals surface area (Å²) in [7, 11) is 3.43. The van der Waals surface area contributed by atoms with Crippen LogP contribution in [0, 0.1) is 23.7 Å². The van der Waals surface area contributed by atoms with E-state index in [9.17, 15) is 29.7 Å². The molecule has 0 saturated carbocycles. The van der Waals surface area contributed by atoms with E-state index in [1.54, 1.807) is 52.0 Å². The summed E-state index contributed by atoms with van der Waals surface area (Å²) in [6.45, 7) is 9.29. The number of aliphatic hydroxyl groups excluding tert-OH is 3. The van der Waals surface area contributed by atoms with Crippen LogP contribution < -0.4 is 0 Å². The molecule has 54 heavy (non-hydrogen) atoms. The van der Waals surface area contributed by atoms with Gasteiger partial charge in [-0.2, -0.15) is 0 Å². The highest BCUT2D eigenvalue weighted by Crippen LogP contribution is 2.32. The number of rotatable bonds is 10. The largest absolute Gasteiger partial charge is 0.462 e. The molecule has 1 saturated heterocycles. The summed E-state index contributed by atoms with van der Waals surface area (Å²) in [6, 6.07) is 9.20. The number of ether oxygens (including phenoxy) is 4. The number of carbonyl (C=O) groups is 3. The minimum atomic E-state index is -1.31. The Bertz CT molecular complexity index is 1640. The van der Waals surface area contributed by atoms with Crippen molar-refractivity contribution >= 4 is 35.0 Å². The molecule has 0 bridgehead atoms. The van der Waals surface area contributed by atoms with Crippen LogP contribution in [0.1, 0.15) is 59.4 Å². The Morgan fingerprint density at radius 1 is 1.06 bits per heavy atom. The number of cyclic esters (lactones) is 1. The molecule has 0 amide bonds. The van der Waals surface area contributed by atoms with Crippen molar-refractivity contribution in [2.24, 2.45) is 23.7 Å². The van der Waals surface area contributed by atoms with Crippen molar-refractivity contribution in [3.63, 3.8) is 0 Å². The SMILES string of the molecule is CC[C@H]1OC(=O)C[C@@H](O)[C@H](C)[C@@H](O[C@@H]2O[C@H](C)[C@@H](O)[C@H](N(C)C)[C@H]2O)C(C=O)C[C@@H](C)C(=O)/C=C\C(C)=C\[C@@H]1COC/C=C/c1cnc2ccccc2c1. The minimum absolute atomic E-state index is 0.0802. The molecule has 3 heterocycles. The highest BCUT2D eigenvalue weighted by molar-refractivity contribution is 5.92. The molecule has 12 nitrogen and oxygen atoms in total. The summed E-state index contributed by atoms with van der Waals surface area (Å²) in [5.74, 6) is -3.54. The number of fused-ring (bicyclic) bond motifs is 1. The van der Waals surface area contributed by atoms with E-state index in [1.165, 1.54) is 6.08 Å². The molecule has 2 aliphatic heterocycles. The lowest BCUT2D eigenvalue weighted by Crippen LogP contribution is -2.63. The maximum Gasteiger partial charge on any atom is 0.308 e. The monoisotopic (exact) mass is 750 g/mol. The first-order chi connectivity index (χ1) is 25.7. The van der Waals surface area contributed by atoms with E-state index in [0.717, 1.165) is 22.0 Å². The van der Waals surface area contributed by atoms with Crippen LogP contribution in [-0.4, -0.2) is 120 Å². The number of aliphatic hydroxyl groups is 3. The van der Waals surface area contributed by atoms with Gasteiger partial charge in [0.05, 0.1) is 55.6 Å². The second-order valence-electron chi connectivity index (χ2n) is 15.0. The maximum atomic E-state index is 13.4. The number of nitrogens with zero attached hydrogens (tertiary/aromatic N) is 2. The van der Waals surface area contributed by atoms with E-state index in [1.807, 2.05) is 56.3 Å². The van der Waals surface area contributed by atoms with E-state index in [0.29, 0.717) is 19.3 Å². The smallest absolute Gasteiger partial charge is 0.308 e. The summed E-state index contributed by atoms with van der Waals surface area (Å²) >= 11 is 0. The van der Waals surface area contributed by atoms with Crippen molar-refractivity contribution in [2.75, 3.05) is 27.3 Å². The van der Waals surface area contributed by atoms with Gasteiger partial charge >= 0.3 is 5.97 Å². The van der Waals surface area contributed by atoms with Gasteiger partial charge in [0.25, 0.3) is 0 Å². The quantitative estimate of drug-likeness (QED) is 0.180. The van der Waals surface area contributed by atoms with Crippen LogP contribution in [0.5, 0.6) is 0 Å². The molecular formula is C42H58N2O10. The number of allylic oxidation sites excluding steroid dienone is 3. The van der Waals surface area contributed by atoms with E-state index in [-0.39, 0.29) is 31.1 Å². The first-order valence-electron chi connectivity index (χ1n) is 18.9. The van der Waals surface area contributed by atoms with Crippen LogP contribution >= 0.6 is 0 Å². The number of para-hydroxylation sites is 1. The molecule has 1 fully saturated rings. The van der Waals surface area contributed by atoms with E-state index >= 15 is 0 Å². The van der Waals surface area contributed by atoms with Gasteiger partial charge in [-0.25, -0.2) is 0 Å². The molecule has 0 radical (unpaired) electrons. The lowest BCUT2D eigenvalue weighted by Gasteiger charge is -2.46. The summed E-state index contributed by atoms with van der Waals surface area (Å²) in [6.07, 6.45) is 4.28. The van der Waals surface area contributed by atoms with Crippen LogP contribution in [0.2, 0.25) is 0 Å². The number of pyridine rings is 1. The number of carbonyl (C=O) groups excluding carboxylic acids is 3. The number of hydrogen-bond acceptors (Lipinski definition) is 12. The third-order valence-corrected chi connectivity index (χ3v) is 10.5. The fourth-order valence-corrected chi connectivity index (χ4v) is 7.23. The fourth-order valence-electron chi connectivity index (χ4n) is 7.23. The molecule has 1 aromatic carbocycles. The Balaban J connectivity index is 1.54. The highest BCUT2D eigenvalue weighted by Gasteiger charge is 2.47. The molecule has 2 aliphatic rings. The lowest BCUT2D eigenvalue weighted by atomic mass is 9.81. The normalized spacial score (nSPS) is 35.1. The molecule has 296 valence electrons. The fraction of sp³-hybridized carbons (Fsp3) is 0.571. The summed E-state index contributed by atoms with van der Waals surface area (Å²) in [4.78, 5) is 45.6. The Morgan fingerprint density at radius 3 is 2.50 bits per heavy atom. The molecule has 12 heteroatoms. The van der Waals surface area contributed by atoms with Crippen LogP contribution in [0.4, 0.5) is 0 Å². The van der Waals surface area contributed by atoms with Crippen LogP contribution in [-0.2, 0) is 33.3 Å². The van der Waals surface area contributed by atoms with Gasteiger partial charge in [-0.1, -0.05) is 68.8 Å². The average Bonchev–Trinajstić information content (AvgIpc) is 3.14. The van der Waals surface area contributed by atoms with Gasteiger partial charge in [-0.3, -0.25) is 14.6 Å². The number of esters is 1. The van der Waals surface area contributed by atoms with Crippen molar-refractivity contribution in [3.05, 3.63) is 72.0 Å². The van der Waals surface area contributed by atoms with Crippen molar-refractivity contribution in [1.29, 1.82) is 0 Å². The van der Waals surface area contributed by atoms with E-state index in [4.69, 9.17) is 18.9 Å². The zero-order valence-corrected chi connectivity index (χ0v) is 32.5. The Morgan fingerprint density at radius 2 is 1.80 bits per heavy atom. The molecule has 0 aliphatic carbocycles. The predicted octanol–water partition coefficient (Wildman–Crippen LogP) is 4.30. The molecule has 2 aromatic rings. The number of aromatic nitrogens is 1. The summed E-state index contributed by atoms with van der Waals surface area (Å²) in [5, 5.41) is 34.4. The van der Waals surface area contributed by atoms with Crippen molar-refractivity contribution < 1.29 is 48.7 Å². The molecule has 0 spiro atoms. The standard InChI is InChI=1S/C42H58N2O10/c1-8-36-32(24-51-17-11-12-29-20-30-13-9-10-14-33(30)43-22-29)18-25(2)15-16-34(46)26(3)19-31(23-45)41(27(4)35(47)21-37(48)53-36)54-42-40(50)38(44(6)7)39(49)28(5)52-42/h9-16,18,20,22-23,26-28,31-32,35-36,38-42,47,49-50H,8,17,19,21,24H2,1-7H3/b12-11+,16-15-,25-18+/t26-,27+,28-,31?,32-,35-,36-,38+,39-,40-,41-,42+/m1/s1. The first-order valence-corrected chi connectivity index (χ1v) is 18.9. The number of hydrogen-bond donors (Lipinski definition) is 3. The predicted molar refractivity (Wildman–Crippen MR) is 205 cm³/mol. The van der Waals surface area contributed by atoms with Crippen molar-refractivity contribution in [2.45, 2.75) is 103 Å². The topological polar surface area (TPSA) is 165 Å². The van der Waals surface area contributed by atoms with Crippen LogP contribution in [0.25, 0.3) is 17.0 Å². The third-order valence-electron chi connectivity index (χ3n) is 10.5. The van der Waals surface area contributed by atoms with Gasteiger partial charge in [0.1, 0.15) is 18.5 Å². The number of likely N-dealkylation sites (N-methyl/N-ethyl adjacent to an activating group) is 1. The summed E-state index contributed by atoms with van der Waals surface area (Å²) in [5.41, 5.74) is 2.62. The van der Waals surface area contributed by atoms with Gasteiger partial charge in [0.15, 0.2) is 12.1 Å². The number of ketones is 1. The zero-order chi connectivity index (χ0) is 39.5. The Hall–Kier alpha value is -3.62. The summed E-state index contributed by atoms with van der Waals surface area (Å²) < 4.78 is 24.2. The molecule has 1 aromatic heterocycles. The number of benzene rings is 1. The second kappa shape index (κ2) is 20.3. The van der Waals surface area contributed by atoms with Gasteiger partial charge in [-0.05, 0) is 64.6 Å². The average molecular weight is 751 g/mol. The molecule has 4 rings (SSSR count). The maximum absolute atomic E-state index is 13.4. The lowest BCUT2D eigenvalue weighted by molar-refractivity contribution is -0.302. The van der Waals surface area contributed by atoms with E-state index in [2.05, 4.69) is 11.1 Å². The minimum Gasteiger partial charge on any atom is -0.462 e. The van der Waals surface area contributed by atoms with Crippen LogP contribution in [0.15, 0.2) is 66.4 Å². The molecule has 3 N–H and O–H groups in total. The Kier molecular flexibility index (Phi) is 16.2. The number of aldehydes is 1. The molecular weight excluding hydrogens is 692 g/mol. The highest BCUT2D eigenvalue weighted by atomic mass is 16.7. The van der Waals surface area contributed by atoms with Crippen LogP contribution in [0.3, 0.4) is 0 Å². The molecule has 1 unspecified atom stereocenters. The first kappa shape index (κ1) is 43.1. The van der Waals surface area contributed by atoms with Gasteiger partial charge in [0, 0.05) is 35.3 Å². The third kappa shape index (κ3) is 11.5. The van der Waals surface area contributed by atoms with Gasteiger partial charge in [-0.15, -0.1) is 0 Å². The second-order valence-corrected chi connectivity index (χ2v) is 15.0. The van der Waals surface area contributed by atoms with Crippen molar-refractivity contribution in [3.8, 4) is 0 Å². The Labute approximate surface area is 318 Å².